The third-order valence-corrected chi connectivity index (χ3v) is 4.54. The second kappa shape index (κ2) is 8.65. The Balaban J connectivity index is 1.99. The Bertz CT molecular complexity index is 1060. The Kier molecular flexibility index (Phi) is 6.01. The van der Waals surface area contributed by atoms with Gasteiger partial charge in [0, 0.05) is 31.4 Å². The molecular weight excluding hydrogens is 387 g/mol. The van der Waals surface area contributed by atoms with Crippen molar-refractivity contribution < 1.29 is 24.2 Å². The lowest BCUT2D eigenvalue weighted by Crippen LogP contribution is -2.30. The van der Waals surface area contributed by atoms with Gasteiger partial charge in [-0.25, -0.2) is 4.39 Å². The van der Waals surface area contributed by atoms with Crippen LogP contribution in [0, 0.1) is 5.82 Å². The van der Waals surface area contributed by atoms with Crippen LogP contribution in [-0.4, -0.2) is 41.0 Å². The molecule has 7 heteroatoms. The van der Waals surface area contributed by atoms with Gasteiger partial charge in [0.15, 0.2) is 0 Å². The van der Waals surface area contributed by atoms with Crippen LogP contribution in [0.15, 0.2) is 66.7 Å². The molecule has 0 saturated carbocycles. The smallest absolute Gasteiger partial charge is 0.262 e. The van der Waals surface area contributed by atoms with Crippen LogP contribution >= 0.6 is 0 Å². The number of hydrogen-bond donors (Lipinski definition) is 2. The van der Waals surface area contributed by atoms with Crippen LogP contribution in [0.3, 0.4) is 0 Å². The van der Waals surface area contributed by atoms with Crippen LogP contribution in [0.1, 0.15) is 26.3 Å². The molecule has 2 N–H and O–H groups in total. The molecule has 30 heavy (non-hydrogen) atoms. The van der Waals surface area contributed by atoms with Crippen LogP contribution in [0.5, 0.6) is 11.5 Å². The van der Waals surface area contributed by atoms with E-state index in [2.05, 4.69) is 0 Å². The molecule has 0 aromatic heterocycles. The Labute approximate surface area is 173 Å². The van der Waals surface area contributed by atoms with Crippen molar-refractivity contribution >= 4 is 17.5 Å². The molecule has 0 unspecified atom stereocenters. The zero-order valence-electron chi connectivity index (χ0n) is 16.5. The molecular formula is C23H21FN2O4. The number of amides is 2. The Hall–Kier alpha value is -3.87. The predicted molar refractivity (Wildman–Crippen MR) is 111 cm³/mol. The summed E-state index contributed by atoms with van der Waals surface area (Å²) < 4.78 is 13.3. The summed E-state index contributed by atoms with van der Waals surface area (Å²) >= 11 is 0. The van der Waals surface area contributed by atoms with E-state index in [1.54, 1.807) is 50.5 Å². The van der Waals surface area contributed by atoms with Gasteiger partial charge in [-0.2, -0.15) is 0 Å². The fourth-order valence-electron chi connectivity index (χ4n) is 2.94. The number of carbonyl (C=O) groups is 2. The SMILES string of the molecule is CN(C)C(=O)c1ccc(N(Cc2ccc(F)cc2)C(=O)c2ccc(O)cc2O)cc1. The number of hydrogen-bond acceptors (Lipinski definition) is 4. The molecule has 0 heterocycles. The summed E-state index contributed by atoms with van der Waals surface area (Å²) in [5.41, 5.74) is 1.64. The minimum Gasteiger partial charge on any atom is -0.508 e. The monoisotopic (exact) mass is 408 g/mol. The standard InChI is InChI=1S/C23H21FN2O4/c1-25(2)22(29)16-5-9-18(10-6-16)26(14-15-3-7-17(24)8-4-15)23(30)20-12-11-19(27)13-21(20)28/h3-13,27-28H,14H2,1-2H3. The van der Waals surface area contributed by atoms with Crippen LogP contribution in [0.4, 0.5) is 10.1 Å². The molecule has 0 aliphatic heterocycles. The fourth-order valence-corrected chi connectivity index (χ4v) is 2.94. The van der Waals surface area contributed by atoms with Crippen molar-refractivity contribution in [3.05, 3.63) is 89.2 Å². The van der Waals surface area contributed by atoms with Crippen LogP contribution < -0.4 is 4.90 Å². The van der Waals surface area contributed by atoms with Gasteiger partial charge in [-0.15, -0.1) is 0 Å². The quantitative estimate of drug-likeness (QED) is 0.673. The van der Waals surface area contributed by atoms with E-state index in [1.807, 2.05) is 0 Å². The van der Waals surface area contributed by atoms with Crippen molar-refractivity contribution in [1.29, 1.82) is 0 Å². The molecule has 0 aliphatic carbocycles. The van der Waals surface area contributed by atoms with Gasteiger partial charge in [0.1, 0.15) is 17.3 Å². The normalized spacial score (nSPS) is 10.5. The van der Waals surface area contributed by atoms with E-state index in [0.29, 0.717) is 16.8 Å². The van der Waals surface area contributed by atoms with Gasteiger partial charge in [-0.1, -0.05) is 12.1 Å². The molecule has 6 nitrogen and oxygen atoms in total. The molecule has 0 spiro atoms. The highest BCUT2D eigenvalue weighted by molar-refractivity contribution is 6.08. The number of phenols is 2. The molecule has 0 fully saturated rings. The average Bonchev–Trinajstić information content (AvgIpc) is 2.72. The molecule has 3 aromatic rings. The van der Waals surface area contributed by atoms with Gasteiger partial charge >= 0.3 is 0 Å². The molecule has 0 radical (unpaired) electrons. The molecule has 2 amide bonds. The lowest BCUT2D eigenvalue weighted by molar-refractivity contribution is 0.0827. The van der Waals surface area contributed by atoms with Gasteiger partial charge in [-0.05, 0) is 54.1 Å². The fraction of sp³-hybridized carbons (Fsp3) is 0.130. The molecule has 0 bridgehead atoms. The number of benzene rings is 3. The lowest BCUT2D eigenvalue weighted by Gasteiger charge is -2.24. The molecule has 154 valence electrons. The lowest BCUT2D eigenvalue weighted by atomic mass is 10.1. The minimum absolute atomic E-state index is 0.00311. The van der Waals surface area contributed by atoms with Crippen LogP contribution in [-0.2, 0) is 6.54 Å². The van der Waals surface area contributed by atoms with E-state index in [0.717, 1.165) is 6.07 Å². The van der Waals surface area contributed by atoms with Crippen LogP contribution in [0.25, 0.3) is 0 Å². The predicted octanol–water partition coefficient (Wildman–Crippen LogP) is 3.79. The van der Waals surface area contributed by atoms with Gasteiger partial charge in [-0.3, -0.25) is 9.59 Å². The van der Waals surface area contributed by atoms with E-state index >= 15 is 0 Å². The average molecular weight is 408 g/mol. The first-order chi connectivity index (χ1) is 14.3. The third kappa shape index (κ3) is 4.57. The zero-order chi connectivity index (χ0) is 21.8. The first-order valence-electron chi connectivity index (χ1n) is 9.16. The molecule has 0 saturated heterocycles. The Morgan fingerprint density at radius 2 is 1.50 bits per heavy atom. The molecule has 3 rings (SSSR count). The van der Waals surface area contributed by atoms with Gasteiger partial charge in [0.25, 0.3) is 11.8 Å². The highest BCUT2D eigenvalue weighted by Gasteiger charge is 2.22. The van der Waals surface area contributed by atoms with Gasteiger partial charge in [0.2, 0.25) is 0 Å². The second-order valence-electron chi connectivity index (χ2n) is 6.97. The number of phenolic OH excluding ortho intramolecular Hbond substituents is 2. The summed E-state index contributed by atoms with van der Waals surface area (Å²) in [5, 5.41) is 19.6. The van der Waals surface area contributed by atoms with Gasteiger partial charge in [0.05, 0.1) is 12.1 Å². The van der Waals surface area contributed by atoms with Crippen molar-refractivity contribution in [2.24, 2.45) is 0 Å². The Morgan fingerprint density at radius 1 is 0.867 bits per heavy atom. The Morgan fingerprint density at radius 3 is 2.07 bits per heavy atom. The number of anilines is 1. The van der Waals surface area contributed by atoms with Crippen molar-refractivity contribution in [3.8, 4) is 11.5 Å². The first-order valence-corrected chi connectivity index (χ1v) is 9.16. The summed E-state index contributed by atoms with van der Waals surface area (Å²) in [6.45, 7) is 0.112. The second-order valence-corrected chi connectivity index (χ2v) is 6.97. The molecule has 0 atom stereocenters. The maximum Gasteiger partial charge on any atom is 0.262 e. The number of carbonyl (C=O) groups excluding carboxylic acids is 2. The highest BCUT2D eigenvalue weighted by Crippen LogP contribution is 2.27. The van der Waals surface area contributed by atoms with Crippen LogP contribution in [0.2, 0.25) is 0 Å². The van der Waals surface area contributed by atoms with E-state index in [-0.39, 0.29) is 35.3 Å². The molecule has 3 aromatic carbocycles. The summed E-state index contributed by atoms with van der Waals surface area (Å²) in [6, 6.07) is 15.9. The van der Waals surface area contributed by atoms with Crippen molar-refractivity contribution in [2.75, 3.05) is 19.0 Å². The first kappa shape index (κ1) is 20.9. The largest absolute Gasteiger partial charge is 0.508 e. The van der Waals surface area contributed by atoms with Gasteiger partial charge < -0.3 is 20.0 Å². The summed E-state index contributed by atoms with van der Waals surface area (Å²) in [6.07, 6.45) is 0. The number of rotatable bonds is 5. The van der Waals surface area contributed by atoms with E-state index < -0.39 is 5.91 Å². The maximum absolute atomic E-state index is 13.3. The van der Waals surface area contributed by atoms with Crippen molar-refractivity contribution in [2.45, 2.75) is 6.54 Å². The van der Waals surface area contributed by atoms with Crippen molar-refractivity contribution in [1.82, 2.24) is 4.90 Å². The van der Waals surface area contributed by atoms with E-state index in [4.69, 9.17) is 0 Å². The number of aromatic hydroxyl groups is 2. The molecule has 0 aliphatic rings. The maximum atomic E-state index is 13.3. The highest BCUT2D eigenvalue weighted by atomic mass is 19.1. The minimum atomic E-state index is -0.511. The third-order valence-electron chi connectivity index (χ3n) is 4.54. The summed E-state index contributed by atoms with van der Waals surface area (Å²) in [4.78, 5) is 28.2. The van der Waals surface area contributed by atoms with E-state index in [1.165, 1.54) is 34.1 Å². The number of nitrogens with zero attached hydrogens (tertiary/aromatic N) is 2. The van der Waals surface area contributed by atoms with E-state index in [9.17, 15) is 24.2 Å². The van der Waals surface area contributed by atoms with Crippen molar-refractivity contribution in [3.63, 3.8) is 0 Å². The number of halogens is 1. The topological polar surface area (TPSA) is 81.1 Å². The summed E-state index contributed by atoms with van der Waals surface area (Å²) in [7, 11) is 3.29. The zero-order valence-corrected chi connectivity index (χ0v) is 16.5. The summed E-state index contributed by atoms with van der Waals surface area (Å²) in [5.74, 6) is -1.60.